The van der Waals surface area contributed by atoms with Gasteiger partial charge in [0.15, 0.2) is 0 Å². The van der Waals surface area contributed by atoms with Gasteiger partial charge < -0.3 is 10.1 Å². The van der Waals surface area contributed by atoms with Crippen LogP contribution in [0.5, 0.6) is 5.75 Å². The summed E-state index contributed by atoms with van der Waals surface area (Å²) in [5, 5.41) is 3.19. The number of ether oxygens (including phenoxy) is 1. The molecule has 3 aromatic rings. The quantitative estimate of drug-likeness (QED) is 0.451. The Hall–Kier alpha value is -3.03. The summed E-state index contributed by atoms with van der Waals surface area (Å²) in [7, 11) is -4.04. The fourth-order valence-corrected chi connectivity index (χ4v) is 4.90. The van der Waals surface area contributed by atoms with Gasteiger partial charge in [-0.05, 0) is 69.7 Å². The molecule has 0 radical (unpaired) electrons. The molecule has 0 heterocycles. The number of sulfonamides is 1. The average molecular weight is 487 g/mol. The van der Waals surface area contributed by atoms with Gasteiger partial charge >= 0.3 is 0 Å². The van der Waals surface area contributed by atoms with Crippen molar-refractivity contribution in [1.82, 2.24) is 0 Å². The van der Waals surface area contributed by atoms with E-state index in [-0.39, 0.29) is 11.0 Å². The molecule has 174 valence electrons. The highest BCUT2D eigenvalue weighted by Gasteiger charge is 2.29. The smallest absolute Gasteiger partial charge is 0.264 e. The number of rotatable bonds is 8. The van der Waals surface area contributed by atoms with Crippen LogP contribution >= 0.6 is 11.6 Å². The Kier molecular flexibility index (Phi) is 7.66. The number of nitrogens with one attached hydrogen (secondary N) is 1. The van der Waals surface area contributed by atoms with Gasteiger partial charge in [-0.1, -0.05) is 47.5 Å². The summed E-state index contributed by atoms with van der Waals surface area (Å²) in [6.45, 7) is 6.93. The van der Waals surface area contributed by atoms with E-state index in [4.69, 9.17) is 16.3 Å². The molecule has 0 spiro atoms. The van der Waals surface area contributed by atoms with Crippen LogP contribution in [0.3, 0.4) is 0 Å². The predicted octanol–water partition coefficient (Wildman–Crippen LogP) is 5.58. The standard InChI is InChI=1S/C25H27ClN2O4S/c1-17(2)32-24-11-6-5-9-22(24)27-25(29)16-28(23-10-7-8-21(26)19(23)4)33(30,31)20-14-12-18(3)13-15-20/h5-15,17H,16H2,1-4H3,(H,27,29). The van der Waals surface area contributed by atoms with Gasteiger partial charge in [0.05, 0.1) is 22.4 Å². The lowest BCUT2D eigenvalue weighted by Gasteiger charge is -2.26. The van der Waals surface area contributed by atoms with Crippen LogP contribution in [0.2, 0.25) is 5.02 Å². The first-order valence-corrected chi connectivity index (χ1v) is 12.3. The van der Waals surface area contributed by atoms with Crippen molar-refractivity contribution >= 4 is 38.9 Å². The van der Waals surface area contributed by atoms with Crippen molar-refractivity contribution in [2.75, 3.05) is 16.2 Å². The Bertz CT molecular complexity index is 1240. The molecule has 3 aromatic carbocycles. The van der Waals surface area contributed by atoms with Crippen molar-refractivity contribution < 1.29 is 17.9 Å². The molecule has 6 nitrogen and oxygen atoms in total. The maximum atomic E-state index is 13.6. The highest BCUT2D eigenvalue weighted by Crippen LogP contribution is 2.31. The Morgan fingerprint density at radius 1 is 1.00 bits per heavy atom. The van der Waals surface area contributed by atoms with E-state index in [0.717, 1.165) is 9.87 Å². The number of hydrogen-bond donors (Lipinski definition) is 1. The van der Waals surface area contributed by atoms with Crippen LogP contribution in [0, 0.1) is 13.8 Å². The van der Waals surface area contributed by atoms with Crippen LogP contribution in [-0.4, -0.2) is 27.0 Å². The van der Waals surface area contributed by atoms with E-state index in [9.17, 15) is 13.2 Å². The van der Waals surface area contributed by atoms with Crippen molar-refractivity contribution in [2.24, 2.45) is 0 Å². The molecule has 0 unspecified atom stereocenters. The van der Waals surface area contributed by atoms with Gasteiger partial charge in [-0.15, -0.1) is 0 Å². The zero-order valence-electron chi connectivity index (χ0n) is 19.0. The van der Waals surface area contributed by atoms with Gasteiger partial charge in [0, 0.05) is 5.02 Å². The lowest BCUT2D eigenvalue weighted by molar-refractivity contribution is -0.114. The molecule has 0 fully saturated rings. The zero-order chi connectivity index (χ0) is 24.2. The maximum absolute atomic E-state index is 13.6. The predicted molar refractivity (Wildman–Crippen MR) is 133 cm³/mol. The number of para-hydroxylation sites is 2. The number of aryl methyl sites for hydroxylation is 1. The second-order valence-corrected chi connectivity index (χ2v) is 10.2. The van der Waals surface area contributed by atoms with E-state index in [1.54, 1.807) is 61.5 Å². The summed E-state index contributed by atoms with van der Waals surface area (Å²) in [5.41, 5.74) is 2.29. The van der Waals surface area contributed by atoms with Gasteiger partial charge in [0.25, 0.3) is 10.0 Å². The zero-order valence-corrected chi connectivity index (χ0v) is 20.6. The first kappa shape index (κ1) is 24.6. The molecular formula is C25H27ClN2O4S. The average Bonchev–Trinajstić information content (AvgIpc) is 2.75. The number of benzene rings is 3. The SMILES string of the molecule is Cc1ccc(S(=O)(=O)N(CC(=O)Nc2ccccc2OC(C)C)c2cccc(Cl)c2C)cc1. The van der Waals surface area contributed by atoms with Crippen molar-refractivity contribution in [3.05, 3.63) is 82.9 Å². The lowest BCUT2D eigenvalue weighted by Crippen LogP contribution is -2.38. The van der Waals surface area contributed by atoms with E-state index >= 15 is 0 Å². The molecule has 0 saturated carbocycles. The Morgan fingerprint density at radius 2 is 1.67 bits per heavy atom. The third-order valence-electron chi connectivity index (χ3n) is 4.93. The van der Waals surface area contributed by atoms with Crippen molar-refractivity contribution in [3.8, 4) is 5.75 Å². The molecule has 0 aliphatic carbocycles. The summed E-state index contributed by atoms with van der Waals surface area (Å²) in [6.07, 6.45) is -0.0874. The van der Waals surface area contributed by atoms with Crippen LogP contribution in [0.25, 0.3) is 0 Å². The second-order valence-electron chi connectivity index (χ2n) is 7.92. The number of anilines is 2. The molecule has 0 aromatic heterocycles. The number of halogens is 1. The largest absolute Gasteiger partial charge is 0.489 e. The summed E-state index contributed by atoms with van der Waals surface area (Å²) in [6, 6.07) is 18.5. The summed E-state index contributed by atoms with van der Waals surface area (Å²) >= 11 is 6.27. The number of carbonyl (C=O) groups excluding carboxylic acids is 1. The number of hydrogen-bond acceptors (Lipinski definition) is 4. The Labute approximate surface area is 200 Å². The molecule has 0 aliphatic rings. The molecule has 1 N–H and O–H groups in total. The Balaban J connectivity index is 1.98. The highest BCUT2D eigenvalue weighted by atomic mass is 35.5. The summed E-state index contributed by atoms with van der Waals surface area (Å²) < 4.78 is 34.0. The Morgan fingerprint density at radius 3 is 2.33 bits per heavy atom. The minimum Gasteiger partial charge on any atom is -0.489 e. The van der Waals surface area contributed by atoms with Crippen LogP contribution in [-0.2, 0) is 14.8 Å². The molecule has 0 atom stereocenters. The van der Waals surface area contributed by atoms with Gasteiger partial charge in [0.2, 0.25) is 5.91 Å². The van der Waals surface area contributed by atoms with Crippen LogP contribution in [0.15, 0.2) is 71.6 Å². The fraction of sp³-hybridized carbons (Fsp3) is 0.240. The molecule has 8 heteroatoms. The lowest BCUT2D eigenvalue weighted by atomic mass is 10.2. The van der Waals surface area contributed by atoms with Crippen molar-refractivity contribution in [2.45, 2.75) is 38.7 Å². The van der Waals surface area contributed by atoms with Crippen molar-refractivity contribution in [1.29, 1.82) is 0 Å². The third kappa shape index (κ3) is 5.86. The second kappa shape index (κ2) is 10.3. The number of nitrogens with zero attached hydrogens (tertiary/aromatic N) is 1. The first-order valence-electron chi connectivity index (χ1n) is 10.5. The normalized spacial score (nSPS) is 11.3. The van der Waals surface area contributed by atoms with E-state index in [0.29, 0.717) is 27.7 Å². The molecule has 33 heavy (non-hydrogen) atoms. The van der Waals surface area contributed by atoms with Gasteiger partial charge in [-0.25, -0.2) is 8.42 Å². The third-order valence-corrected chi connectivity index (χ3v) is 7.11. The number of amides is 1. The molecule has 0 aliphatic heterocycles. The van der Waals surface area contributed by atoms with Crippen molar-refractivity contribution in [3.63, 3.8) is 0 Å². The van der Waals surface area contributed by atoms with Gasteiger partial charge in [0.1, 0.15) is 12.3 Å². The topological polar surface area (TPSA) is 75.7 Å². The van der Waals surface area contributed by atoms with E-state index in [2.05, 4.69) is 5.32 Å². The van der Waals surface area contributed by atoms with E-state index in [1.165, 1.54) is 12.1 Å². The molecule has 3 rings (SSSR count). The monoisotopic (exact) mass is 486 g/mol. The summed E-state index contributed by atoms with van der Waals surface area (Å²) in [5.74, 6) is -0.00223. The van der Waals surface area contributed by atoms with Gasteiger partial charge in [-0.3, -0.25) is 9.10 Å². The highest BCUT2D eigenvalue weighted by molar-refractivity contribution is 7.92. The van der Waals surface area contributed by atoms with Crippen LogP contribution in [0.4, 0.5) is 11.4 Å². The van der Waals surface area contributed by atoms with E-state index in [1.807, 2.05) is 20.8 Å². The van der Waals surface area contributed by atoms with E-state index < -0.39 is 22.5 Å². The van der Waals surface area contributed by atoms with Gasteiger partial charge in [-0.2, -0.15) is 0 Å². The van der Waals surface area contributed by atoms with Crippen LogP contribution < -0.4 is 14.4 Å². The minimum atomic E-state index is -4.04. The molecule has 1 amide bonds. The molecule has 0 saturated heterocycles. The fourth-order valence-electron chi connectivity index (χ4n) is 3.25. The number of carbonyl (C=O) groups is 1. The molecule has 0 bridgehead atoms. The molecular weight excluding hydrogens is 460 g/mol. The minimum absolute atomic E-state index is 0.0869. The van der Waals surface area contributed by atoms with Crippen LogP contribution in [0.1, 0.15) is 25.0 Å². The maximum Gasteiger partial charge on any atom is 0.264 e. The first-order chi connectivity index (χ1) is 15.6. The summed E-state index contributed by atoms with van der Waals surface area (Å²) in [4.78, 5) is 13.1.